The molecule has 10 heteroatoms. The van der Waals surface area contributed by atoms with Crippen LogP contribution < -0.4 is 33.6 Å². The van der Waals surface area contributed by atoms with E-state index in [-0.39, 0.29) is 0 Å². The molecule has 0 saturated carbocycles. The summed E-state index contributed by atoms with van der Waals surface area (Å²) in [5.41, 5.74) is 18.1. The van der Waals surface area contributed by atoms with Crippen LogP contribution in [0.15, 0.2) is 194 Å². The summed E-state index contributed by atoms with van der Waals surface area (Å²) in [4.78, 5) is 23.2. The standard InChI is InChI=1S/C70H62N6O4/c1-68(2)56-37-45(67-72-65(43-17-13-11-14-18-43)71-66(73-67)44-19-15-12-16-20-44)38-57-62(56)76-63-58(68)39-50(74(46-21-29-52(77-7)30-22-46)47-23-31-53(78-8)32-24-47)41-60(63)70(5,6)61-42-51(40-59(64(61)76)69(57,3)4)75(48-25-33-54(79-9)34-26-48)49-27-35-55(80-10)36-28-49/h11-42H,1-10H3. The maximum Gasteiger partial charge on any atom is 0.164 e. The zero-order valence-corrected chi connectivity index (χ0v) is 46.8. The molecule has 0 radical (unpaired) electrons. The van der Waals surface area contributed by atoms with Crippen LogP contribution >= 0.6 is 0 Å². The van der Waals surface area contributed by atoms with Crippen LogP contribution in [-0.4, -0.2) is 43.4 Å². The molecule has 0 amide bonds. The fourth-order valence-corrected chi connectivity index (χ4v) is 12.4. The highest BCUT2D eigenvalue weighted by Gasteiger charge is 2.53. The van der Waals surface area contributed by atoms with Crippen molar-refractivity contribution < 1.29 is 18.9 Å². The summed E-state index contributed by atoms with van der Waals surface area (Å²) in [7, 11) is 6.83. The quantitative estimate of drug-likeness (QED) is 0.111. The molecule has 0 spiro atoms. The number of rotatable bonds is 13. The van der Waals surface area contributed by atoms with E-state index in [1.54, 1.807) is 28.4 Å². The first kappa shape index (κ1) is 50.1. The minimum atomic E-state index is -0.541. The molecule has 0 atom stereocenters. The summed E-state index contributed by atoms with van der Waals surface area (Å²) in [6.45, 7) is 14.4. The van der Waals surface area contributed by atoms with E-state index in [1.165, 1.54) is 50.4 Å². The molecule has 13 rings (SSSR count). The van der Waals surface area contributed by atoms with Gasteiger partial charge < -0.3 is 33.6 Å². The number of anilines is 9. The van der Waals surface area contributed by atoms with Gasteiger partial charge in [-0.3, -0.25) is 0 Å². The molecule has 80 heavy (non-hydrogen) atoms. The van der Waals surface area contributed by atoms with Gasteiger partial charge in [0, 0.05) is 67.1 Å². The van der Waals surface area contributed by atoms with E-state index in [1.807, 2.05) is 84.9 Å². The van der Waals surface area contributed by atoms with E-state index in [0.29, 0.717) is 17.5 Å². The molecule has 10 aromatic rings. The summed E-state index contributed by atoms with van der Waals surface area (Å²) in [5.74, 6) is 4.99. The Hall–Kier alpha value is -9.41. The van der Waals surface area contributed by atoms with Crippen molar-refractivity contribution in [2.24, 2.45) is 0 Å². The van der Waals surface area contributed by atoms with Gasteiger partial charge in [-0.25, -0.2) is 15.0 Å². The van der Waals surface area contributed by atoms with Crippen LogP contribution in [-0.2, 0) is 16.2 Å². The first-order valence-corrected chi connectivity index (χ1v) is 27.1. The molecule has 10 nitrogen and oxygen atoms in total. The normalized spacial score (nSPS) is 14.4. The van der Waals surface area contributed by atoms with Crippen LogP contribution in [0.4, 0.5) is 51.2 Å². The fraction of sp³-hybridized carbons (Fsp3) is 0.186. The average Bonchev–Trinajstić information content (AvgIpc) is 3.64. The molecule has 0 saturated heterocycles. The molecule has 396 valence electrons. The molecule has 0 bridgehead atoms. The second-order valence-corrected chi connectivity index (χ2v) is 22.4. The van der Waals surface area contributed by atoms with Gasteiger partial charge in [-0.05, 0) is 167 Å². The summed E-state index contributed by atoms with van der Waals surface area (Å²) in [5, 5.41) is 0. The van der Waals surface area contributed by atoms with E-state index < -0.39 is 16.2 Å². The Morgan fingerprint density at radius 1 is 0.300 bits per heavy atom. The van der Waals surface area contributed by atoms with Crippen LogP contribution in [0, 0.1) is 0 Å². The number of aromatic nitrogens is 3. The summed E-state index contributed by atoms with van der Waals surface area (Å²) in [6, 6.07) is 68.2. The predicted molar refractivity (Wildman–Crippen MR) is 323 cm³/mol. The maximum absolute atomic E-state index is 5.71. The number of hydrogen-bond acceptors (Lipinski definition) is 10. The van der Waals surface area contributed by atoms with Crippen molar-refractivity contribution in [2.75, 3.05) is 43.1 Å². The second kappa shape index (κ2) is 18.9. The Kier molecular flexibility index (Phi) is 11.8. The lowest BCUT2D eigenvalue weighted by Crippen LogP contribution is -2.44. The minimum absolute atomic E-state index is 0.526. The topological polar surface area (TPSA) is 85.3 Å². The van der Waals surface area contributed by atoms with Gasteiger partial charge in [0.25, 0.3) is 0 Å². The maximum atomic E-state index is 5.71. The van der Waals surface area contributed by atoms with Gasteiger partial charge in [-0.2, -0.15) is 0 Å². The van der Waals surface area contributed by atoms with Gasteiger partial charge in [0.05, 0.1) is 45.5 Å². The first-order valence-electron chi connectivity index (χ1n) is 27.1. The molecule has 4 heterocycles. The monoisotopic (exact) mass is 1050 g/mol. The average molecular weight is 1050 g/mol. The first-order chi connectivity index (χ1) is 38.7. The van der Waals surface area contributed by atoms with Gasteiger partial charge in [0.2, 0.25) is 0 Å². The van der Waals surface area contributed by atoms with Gasteiger partial charge >= 0.3 is 0 Å². The Morgan fingerprint density at radius 2 is 0.550 bits per heavy atom. The van der Waals surface area contributed by atoms with E-state index in [4.69, 9.17) is 33.9 Å². The Labute approximate surface area is 468 Å². The fourth-order valence-electron chi connectivity index (χ4n) is 12.4. The van der Waals surface area contributed by atoms with Crippen molar-refractivity contribution in [1.82, 2.24) is 15.0 Å². The molecule has 0 unspecified atom stereocenters. The van der Waals surface area contributed by atoms with Gasteiger partial charge in [-0.1, -0.05) is 102 Å². The Morgan fingerprint density at radius 3 is 0.812 bits per heavy atom. The Balaban J connectivity index is 1.12. The third-order valence-corrected chi connectivity index (χ3v) is 16.8. The molecule has 9 aromatic carbocycles. The van der Waals surface area contributed by atoms with E-state index in [2.05, 4.69) is 165 Å². The van der Waals surface area contributed by atoms with Crippen molar-refractivity contribution in [3.63, 3.8) is 0 Å². The van der Waals surface area contributed by atoms with E-state index in [0.717, 1.165) is 73.8 Å². The lowest BCUT2D eigenvalue weighted by molar-refractivity contribution is 0.414. The molecule has 3 aliphatic rings. The van der Waals surface area contributed by atoms with Crippen LogP contribution in [0.3, 0.4) is 0 Å². The lowest BCUT2D eigenvalue weighted by Gasteiger charge is -2.55. The van der Waals surface area contributed by atoms with Gasteiger partial charge in [0.15, 0.2) is 17.5 Å². The number of ether oxygens (including phenoxy) is 4. The molecular weight excluding hydrogens is 989 g/mol. The number of methoxy groups -OCH3 is 4. The molecule has 3 aliphatic heterocycles. The van der Waals surface area contributed by atoms with Crippen molar-refractivity contribution >= 4 is 51.2 Å². The SMILES string of the molecule is COc1ccc(N(c2ccc(OC)cc2)c2cc3c4c(c2)C(C)(C)c2cc(N(c5ccc(OC)cc5)c5ccc(OC)cc5)cc5c2N4c2c(cc(-c4nc(-c6ccccc6)nc(-c6ccccc6)n4)cc2C5(C)C)C3(C)C)cc1. The zero-order valence-electron chi connectivity index (χ0n) is 46.8. The molecule has 0 aliphatic carbocycles. The highest BCUT2D eigenvalue weighted by molar-refractivity contribution is 6.01. The number of nitrogens with zero attached hydrogens (tertiary/aromatic N) is 6. The second-order valence-electron chi connectivity index (χ2n) is 22.4. The van der Waals surface area contributed by atoms with Crippen molar-refractivity contribution in [3.05, 3.63) is 228 Å². The van der Waals surface area contributed by atoms with Crippen molar-refractivity contribution in [2.45, 2.75) is 57.8 Å². The summed E-state index contributed by atoms with van der Waals surface area (Å²) in [6.07, 6.45) is 0. The van der Waals surface area contributed by atoms with Crippen LogP contribution in [0.25, 0.3) is 34.2 Å². The Bertz CT molecular complexity index is 3670. The molecular formula is C70H62N6O4. The van der Waals surface area contributed by atoms with Gasteiger partial charge in [0.1, 0.15) is 23.0 Å². The zero-order chi connectivity index (χ0) is 55.2. The van der Waals surface area contributed by atoms with Gasteiger partial charge in [-0.15, -0.1) is 0 Å². The predicted octanol–water partition coefficient (Wildman–Crippen LogP) is 17.2. The smallest absolute Gasteiger partial charge is 0.164 e. The summed E-state index contributed by atoms with van der Waals surface area (Å²) >= 11 is 0. The van der Waals surface area contributed by atoms with E-state index in [9.17, 15) is 0 Å². The van der Waals surface area contributed by atoms with Crippen molar-refractivity contribution in [3.8, 4) is 57.2 Å². The third-order valence-electron chi connectivity index (χ3n) is 16.8. The van der Waals surface area contributed by atoms with Crippen molar-refractivity contribution in [1.29, 1.82) is 0 Å². The third kappa shape index (κ3) is 7.95. The molecule has 0 N–H and O–H groups in total. The lowest BCUT2D eigenvalue weighted by atomic mass is 9.60. The largest absolute Gasteiger partial charge is 0.497 e. The van der Waals surface area contributed by atoms with Crippen LogP contribution in [0.2, 0.25) is 0 Å². The number of benzene rings is 9. The highest BCUT2D eigenvalue weighted by atomic mass is 16.5. The molecule has 0 fully saturated rings. The summed E-state index contributed by atoms with van der Waals surface area (Å²) < 4.78 is 22.8. The highest BCUT2D eigenvalue weighted by Crippen LogP contribution is 2.68. The van der Waals surface area contributed by atoms with Crippen LogP contribution in [0.1, 0.15) is 74.9 Å². The minimum Gasteiger partial charge on any atom is -0.497 e. The number of hydrogen-bond donors (Lipinski definition) is 0. The molecule has 1 aromatic heterocycles. The van der Waals surface area contributed by atoms with E-state index >= 15 is 0 Å². The van der Waals surface area contributed by atoms with Crippen LogP contribution in [0.5, 0.6) is 23.0 Å².